The summed E-state index contributed by atoms with van der Waals surface area (Å²) < 4.78 is 0. The summed E-state index contributed by atoms with van der Waals surface area (Å²) in [6.45, 7) is 4.27. The van der Waals surface area contributed by atoms with Gasteiger partial charge in [-0.3, -0.25) is 9.59 Å². The van der Waals surface area contributed by atoms with Gasteiger partial charge in [0.05, 0.1) is 5.92 Å². The molecule has 2 N–H and O–H groups in total. The molecule has 0 amide bonds. The Morgan fingerprint density at radius 2 is 1.44 bits per heavy atom. The number of carbonyl (C=O) groups is 2. The number of allylic oxidation sites excluding steroid dienone is 2. The van der Waals surface area contributed by atoms with Crippen LogP contribution in [0.3, 0.4) is 0 Å². The summed E-state index contributed by atoms with van der Waals surface area (Å²) in [6, 6.07) is 0. The molecule has 0 aliphatic rings. The molecule has 0 saturated carbocycles. The van der Waals surface area contributed by atoms with Crippen LogP contribution in [0.25, 0.3) is 0 Å². The molecule has 0 saturated heterocycles. The third-order valence-electron chi connectivity index (χ3n) is 4.72. The van der Waals surface area contributed by atoms with Crippen molar-refractivity contribution in [1.82, 2.24) is 0 Å². The highest BCUT2D eigenvalue weighted by molar-refractivity contribution is 5.69. The molecular weight excluding hydrogens is 316 g/mol. The van der Waals surface area contributed by atoms with Gasteiger partial charge in [-0.15, -0.1) is 0 Å². The molecule has 0 bridgehead atoms. The maximum atomic E-state index is 11.2. The van der Waals surface area contributed by atoms with Gasteiger partial charge in [-0.2, -0.15) is 0 Å². The molecule has 0 fully saturated rings. The molecule has 0 rings (SSSR count). The van der Waals surface area contributed by atoms with E-state index < -0.39 is 11.9 Å². The SMILES string of the molecule is CCCCC(CCCCC/C=C(\C)CCCCCCC(=O)O)C(=O)O. The Balaban J connectivity index is 3.62. The Hall–Kier alpha value is -1.32. The van der Waals surface area contributed by atoms with E-state index in [9.17, 15) is 14.7 Å². The van der Waals surface area contributed by atoms with E-state index in [1.165, 1.54) is 5.57 Å². The first kappa shape index (κ1) is 23.7. The lowest BCUT2D eigenvalue weighted by Crippen LogP contribution is -2.13. The number of unbranched alkanes of at least 4 members (excludes halogenated alkanes) is 7. The Kier molecular flexibility index (Phi) is 15.3. The van der Waals surface area contributed by atoms with Crippen molar-refractivity contribution in [2.24, 2.45) is 5.92 Å². The molecule has 0 aromatic carbocycles. The average Bonchev–Trinajstić information content (AvgIpc) is 2.56. The van der Waals surface area contributed by atoms with Gasteiger partial charge in [0.1, 0.15) is 0 Å². The Bertz CT molecular complexity index is 387. The molecule has 146 valence electrons. The number of carboxylic acid groups (broad SMARTS) is 2. The van der Waals surface area contributed by atoms with Gasteiger partial charge >= 0.3 is 11.9 Å². The van der Waals surface area contributed by atoms with Gasteiger partial charge in [0.15, 0.2) is 0 Å². The molecule has 0 aromatic rings. The maximum absolute atomic E-state index is 11.2. The quantitative estimate of drug-likeness (QED) is 0.241. The number of hydrogen-bond donors (Lipinski definition) is 2. The van der Waals surface area contributed by atoms with E-state index in [4.69, 9.17) is 5.11 Å². The van der Waals surface area contributed by atoms with Gasteiger partial charge in [-0.05, 0) is 51.9 Å². The lowest BCUT2D eigenvalue weighted by atomic mass is 9.95. The molecule has 0 radical (unpaired) electrons. The molecule has 0 heterocycles. The third kappa shape index (κ3) is 15.9. The van der Waals surface area contributed by atoms with E-state index in [2.05, 4.69) is 19.9 Å². The lowest BCUT2D eigenvalue weighted by Gasteiger charge is -2.11. The molecule has 0 aromatic heterocycles. The smallest absolute Gasteiger partial charge is 0.306 e. The lowest BCUT2D eigenvalue weighted by molar-refractivity contribution is -0.142. The zero-order valence-corrected chi connectivity index (χ0v) is 16.3. The standard InChI is InChI=1S/C21H38O4/c1-3-4-15-19(21(24)25)16-11-7-5-9-13-18(2)14-10-6-8-12-17-20(22)23/h13,19H,3-12,14-17H2,1-2H3,(H,22,23)(H,24,25)/b18-13+. The summed E-state index contributed by atoms with van der Waals surface area (Å²) in [4.78, 5) is 21.6. The second-order valence-corrected chi connectivity index (χ2v) is 7.17. The molecule has 4 nitrogen and oxygen atoms in total. The molecule has 1 unspecified atom stereocenters. The van der Waals surface area contributed by atoms with E-state index in [1.54, 1.807) is 0 Å². The summed E-state index contributed by atoms with van der Waals surface area (Å²) >= 11 is 0. The van der Waals surface area contributed by atoms with Gasteiger partial charge in [-0.25, -0.2) is 0 Å². The summed E-state index contributed by atoms with van der Waals surface area (Å²) in [5.41, 5.74) is 1.42. The van der Waals surface area contributed by atoms with Crippen molar-refractivity contribution >= 4 is 11.9 Å². The minimum atomic E-state index is -0.698. The molecule has 0 aliphatic carbocycles. The number of aliphatic carboxylic acids is 2. The van der Waals surface area contributed by atoms with Gasteiger partial charge in [-0.1, -0.05) is 57.1 Å². The largest absolute Gasteiger partial charge is 0.481 e. The van der Waals surface area contributed by atoms with Crippen molar-refractivity contribution in [2.45, 2.75) is 104 Å². The summed E-state index contributed by atoms with van der Waals surface area (Å²) in [6.07, 6.45) is 15.8. The zero-order valence-electron chi connectivity index (χ0n) is 16.3. The summed E-state index contributed by atoms with van der Waals surface area (Å²) in [5, 5.41) is 17.8. The van der Waals surface area contributed by atoms with Gasteiger partial charge in [0.2, 0.25) is 0 Å². The van der Waals surface area contributed by atoms with E-state index in [-0.39, 0.29) is 12.3 Å². The van der Waals surface area contributed by atoms with Crippen LogP contribution in [0.2, 0.25) is 0 Å². The monoisotopic (exact) mass is 354 g/mol. The predicted molar refractivity (Wildman–Crippen MR) is 103 cm³/mol. The van der Waals surface area contributed by atoms with Crippen molar-refractivity contribution in [3.05, 3.63) is 11.6 Å². The second kappa shape index (κ2) is 16.2. The minimum Gasteiger partial charge on any atom is -0.481 e. The fraction of sp³-hybridized carbons (Fsp3) is 0.810. The van der Waals surface area contributed by atoms with Crippen LogP contribution in [-0.4, -0.2) is 22.2 Å². The Morgan fingerprint density at radius 1 is 0.840 bits per heavy atom. The molecule has 4 heteroatoms. The van der Waals surface area contributed by atoms with Crippen LogP contribution >= 0.6 is 0 Å². The molecule has 25 heavy (non-hydrogen) atoms. The van der Waals surface area contributed by atoms with Crippen LogP contribution in [0, 0.1) is 5.92 Å². The van der Waals surface area contributed by atoms with Crippen molar-refractivity contribution in [3.63, 3.8) is 0 Å². The normalized spacial score (nSPS) is 13.0. The summed E-state index contributed by atoms with van der Waals surface area (Å²) in [5.74, 6) is -1.48. The minimum absolute atomic E-state index is 0.154. The van der Waals surface area contributed by atoms with E-state index >= 15 is 0 Å². The van der Waals surface area contributed by atoms with Crippen LogP contribution in [0.4, 0.5) is 0 Å². The van der Waals surface area contributed by atoms with E-state index in [0.29, 0.717) is 0 Å². The highest BCUT2D eigenvalue weighted by Gasteiger charge is 2.15. The van der Waals surface area contributed by atoms with Gasteiger partial charge < -0.3 is 10.2 Å². The van der Waals surface area contributed by atoms with Gasteiger partial charge in [0.25, 0.3) is 0 Å². The fourth-order valence-electron chi connectivity index (χ4n) is 3.04. The predicted octanol–water partition coefficient (Wildman–Crippen LogP) is 6.20. The zero-order chi connectivity index (χ0) is 18.9. The van der Waals surface area contributed by atoms with Crippen molar-refractivity contribution in [2.75, 3.05) is 0 Å². The maximum Gasteiger partial charge on any atom is 0.306 e. The second-order valence-electron chi connectivity index (χ2n) is 7.17. The van der Waals surface area contributed by atoms with Crippen LogP contribution < -0.4 is 0 Å². The van der Waals surface area contributed by atoms with Crippen LogP contribution in [0.15, 0.2) is 11.6 Å². The Morgan fingerprint density at radius 3 is 2.04 bits per heavy atom. The number of hydrogen-bond acceptors (Lipinski definition) is 2. The highest BCUT2D eigenvalue weighted by atomic mass is 16.4. The molecular formula is C21H38O4. The van der Waals surface area contributed by atoms with Crippen molar-refractivity contribution in [1.29, 1.82) is 0 Å². The Labute approximate surface area is 153 Å². The third-order valence-corrected chi connectivity index (χ3v) is 4.72. The molecule has 1 atom stereocenters. The van der Waals surface area contributed by atoms with Crippen molar-refractivity contribution < 1.29 is 19.8 Å². The first-order valence-corrected chi connectivity index (χ1v) is 10.1. The van der Waals surface area contributed by atoms with Crippen molar-refractivity contribution in [3.8, 4) is 0 Å². The number of rotatable bonds is 17. The number of carboxylic acids is 2. The van der Waals surface area contributed by atoms with Crippen LogP contribution in [-0.2, 0) is 9.59 Å². The van der Waals surface area contributed by atoms with Gasteiger partial charge in [0, 0.05) is 6.42 Å². The highest BCUT2D eigenvalue weighted by Crippen LogP contribution is 2.18. The van der Waals surface area contributed by atoms with E-state index in [0.717, 1.165) is 83.5 Å². The fourth-order valence-corrected chi connectivity index (χ4v) is 3.04. The molecule has 0 aliphatic heterocycles. The first-order chi connectivity index (χ1) is 12.0. The first-order valence-electron chi connectivity index (χ1n) is 10.1. The average molecular weight is 355 g/mol. The topological polar surface area (TPSA) is 74.6 Å². The van der Waals surface area contributed by atoms with Crippen LogP contribution in [0.5, 0.6) is 0 Å². The van der Waals surface area contributed by atoms with Crippen LogP contribution in [0.1, 0.15) is 104 Å². The molecule has 0 spiro atoms. The van der Waals surface area contributed by atoms with E-state index in [1.807, 2.05) is 0 Å². The summed E-state index contributed by atoms with van der Waals surface area (Å²) in [7, 11) is 0.